The standard InChI is InChI=1S/C11H15NO2/c1-6(2)8-5-9-11(13-8)12-10(14-9)7(3)4/h5-7H,1-4H3. The van der Waals surface area contributed by atoms with Crippen LogP contribution in [0.5, 0.6) is 0 Å². The summed E-state index contributed by atoms with van der Waals surface area (Å²) in [5, 5.41) is 0. The molecule has 0 atom stereocenters. The van der Waals surface area contributed by atoms with Gasteiger partial charge in [0, 0.05) is 17.9 Å². The van der Waals surface area contributed by atoms with Crippen LogP contribution in [0.1, 0.15) is 51.2 Å². The molecule has 0 radical (unpaired) electrons. The summed E-state index contributed by atoms with van der Waals surface area (Å²) in [6.45, 7) is 8.27. The fourth-order valence-corrected chi connectivity index (χ4v) is 1.30. The van der Waals surface area contributed by atoms with Crippen LogP contribution in [0.3, 0.4) is 0 Å². The van der Waals surface area contributed by atoms with Gasteiger partial charge in [0.25, 0.3) is 5.71 Å². The van der Waals surface area contributed by atoms with Crippen molar-refractivity contribution in [2.45, 2.75) is 39.5 Å². The van der Waals surface area contributed by atoms with Gasteiger partial charge in [0.05, 0.1) is 0 Å². The molecule has 0 saturated carbocycles. The molecule has 2 aromatic heterocycles. The Hall–Kier alpha value is -1.25. The van der Waals surface area contributed by atoms with Crippen LogP contribution in [0.2, 0.25) is 0 Å². The highest BCUT2D eigenvalue weighted by molar-refractivity contribution is 5.67. The number of hydrogen-bond donors (Lipinski definition) is 0. The molecule has 0 bridgehead atoms. The lowest BCUT2D eigenvalue weighted by molar-refractivity contribution is 0.492. The third-order valence-electron chi connectivity index (χ3n) is 2.19. The largest absolute Gasteiger partial charge is 0.440 e. The van der Waals surface area contributed by atoms with Crippen molar-refractivity contribution in [1.82, 2.24) is 4.98 Å². The molecule has 2 rings (SSSR count). The minimum atomic E-state index is 0.306. The van der Waals surface area contributed by atoms with Crippen molar-refractivity contribution >= 4 is 11.3 Å². The molecular formula is C11H15NO2. The summed E-state index contributed by atoms with van der Waals surface area (Å²) in [5.74, 6) is 2.36. The average Bonchev–Trinajstić information content (AvgIpc) is 2.57. The van der Waals surface area contributed by atoms with E-state index in [4.69, 9.17) is 8.83 Å². The molecule has 3 nitrogen and oxygen atoms in total. The highest BCUT2D eigenvalue weighted by atomic mass is 16.4. The first kappa shape index (κ1) is 9.31. The Morgan fingerprint density at radius 1 is 1.07 bits per heavy atom. The third kappa shape index (κ3) is 1.43. The van der Waals surface area contributed by atoms with Crippen molar-refractivity contribution in [3.8, 4) is 0 Å². The normalized spacial score (nSPS) is 12.1. The molecule has 0 aliphatic rings. The van der Waals surface area contributed by atoms with Gasteiger partial charge >= 0.3 is 0 Å². The number of oxazole rings is 1. The topological polar surface area (TPSA) is 39.2 Å². The van der Waals surface area contributed by atoms with Crippen LogP contribution in [0.15, 0.2) is 14.9 Å². The van der Waals surface area contributed by atoms with Gasteiger partial charge in [-0.3, -0.25) is 0 Å². The van der Waals surface area contributed by atoms with Gasteiger partial charge in [0.1, 0.15) is 5.76 Å². The van der Waals surface area contributed by atoms with Gasteiger partial charge < -0.3 is 8.83 Å². The second-order valence-electron chi connectivity index (χ2n) is 4.18. The molecule has 0 saturated heterocycles. The smallest absolute Gasteiger partial charge is 0.266 e. The Morgan fingerprint density at radius 3 is 2.29 bits per heavy atom. The molecule has 0 N–H and O–H groups in total. The predicted octanol–water partition coefficient (Wildman–Crippen LogP) is 3.67. The Bertz CT molecular complexity index is 368. The molecule has 0 amide bonds. The van der Waals surface area contributed by atoms with Crippen LogP contribution in [0, 0.1) is 0 Å². The molecule has 2 aromatic rings. The third-order valence-corrected chi connectivity index (χ3v) is 2.19. The van der Waals surface area contributed by atoms with Crippen LogP contribution in [-0.4, -0.2) is 4.98 Å². The molecule has 0 aliphatic heterocycles. The monoisotopic (exact) mass is 193 g/mol. The van der Waals surface area contributed by atoms with E-state index in [1.54, 1.807) is 0 Å². The second-order valence-corrected chi connectivity index (χ2v) is 4.18. The zero-order valence-electron chi connectivity index (χ0n) is 9.00. The van der Waals surface area contributed by atoms with E-state index in [0.29, 0.717) is 17.5 Å². The van der Waals surface area contributed by atoms with E-state index in [0.717, 1.165) is 17.2 Å². The van der Waals surface area contributed by atoms with E-state index >= 15 is 0 Å². The molecule has 76 valence electrons. The highest BCUT2D eigenvalue weighted by Crippen LogP contribution is 2.27. The maximum absolute atomic E-state index is 5.56. The van der Waals surface area contributed by atoms with E-state index < -0.39 is 0 Å². The molecular weight excluding hydrogens is 178 g/mol. The van der Waals surface area contributed by atoms with Crippen LogP contribution in [0.25, 0.3) is 11.3 Å². The van der Waals surface area contributed by atoms with Gasteiger partial charge in [-0.25, -0.2) is 0 Å². The van der Waals surface area contributed by atoms with Gasteiger partial charge in [-0.15, -0.1) is 0 Å². The van der Waals surface area contributed by atoms with Crippen LogP contribution in [-0.2, 0) is 0 Å². The average molecular weight is 193 g/mol. The lowest BCUT2D eigenvalue weighted by Gasteiger charge is -1.97. The number of fused-ring (bicyclic) bond motifs is 1. The van der Waals surface area contributed by atoms with Crippen molar-refractivity contribution in [3.63, 3.8) is 0 Å². The maximum atomic E-state index is 5.56. The van der Waals surface area contributed by atoms with Gasteiger partial charge in [0.2, 0.25) is 5.89 Å². The van der Waals surface area contributed by atoms with E-state index in [9.17, 15) is 0 Å². The van der Waals surface area contributed by atoms with E-state index in [1.165, 1.54) is 0 Å². The SMILES string of the molecule is CC(C)c1cc2oc(C(C)C)nc2o1. The summed E-state index contributed by atoms with van der Waals surface area (Å²) >= 11 is 0. The fourth-order valence-electron chi connectivity index (χ4n) is 1.30. The van der Waals surface area contributed by atoms with Crippen LogP contribution >= 0.6 is 0 Å². The summed E-state index contributed by atoms with van der Waals surface area (Å²) in [5.41, 5.74) is 1.38. The van der Waals surface area contributed by atoms with E-state index in [2.05, 4.69) is 18.8 Å². The van der Waals surface area contributed by atoms with Gasteiger partial charge in [-0.2, -0.15) is 4.98 Å². The number of aromatic nitrogens is 1. The summed E-state index contributed by atoms with van der Waals surface area (Å²) in [4.78, 5) is 4.28. The molecule has 3 heteroatoms. The van der Waals surface area contributed by atoms with Crippen molar-refractivity contribution in [2.24, 2.45) is 0 Å². The van der Waals surface area contributed by atoms with Gasteiger partial charge in [-0.05, 0) is 0 Å². The number of rotatable bonds is 2. The van der Waals surface area contributed by atoms with E-state index in [-0.39, 0.29) is 0 Å². The zero-order valence-corrected chi connectivity index (χ0v) is 9.00. The Kier molecular flexibility index (Phi) is 2.10. The zero-order chi connectivity index (χ0) is 10.3. The summed E-state index contributed by atoms with van der Waals surface area (Å²) in [7, 11) is 0. The van der Waals surface area contributed by atoms with Crippen molar-refractivity contribution in [2.75, 3.05) is 0 Å². The lowest BCUT2D eigenvalue weighted by Crippen LogP contribution is -1.86. The molecule has 2 heterocycles. The fraction of sp³-hybridized carbons (Fsp3) is 0.545. The first-order valence-corrected chi connectivity index (χ1v) is 4.98. The molecule has 0 unspecified atom stereocenters. The first-order valence-electron chi connectivity index (χ1n) is 4.98. The predicted molar refractivity (Wildman–Crippen MR) is 54.5 cm³/mol. The Morgan fingerprint density at radius 2 is 1.79 bits per heavy atom. The van der Waals surface area contributed by atoms with Gasteiger partial charge in [-0.1, -0.05) is 27.7 Å². The highest BCUT2D eigenvalue weighted by Gasteiger charge is 2.15. The molecule has 0 fully saturated rings. The van der Waals surface area contributed by atoms with Gasteiger partial charge in [0.15, 0.2) is 5.58 Å². The summed E-state index contributed by atoms with van der Waals surface area (Å²) in [6.07, 6.45) is 0. The van der Waals surface area contributed by atoms with Crippen molar-refractivity contribution in [1.29, 1.82) is 0 Å². The maximum Gasteiger partial charge on any atom is 0.266 e. The van der Waals surface area contributed by atoms with Crippen molar-refractivity contribution in [3.05, 3.63) is 17.7 Å². The van der Waals surface area contributed by atoms with Crippen LogP contribution < -0.4 is 0 Å². The van der Waals surface area contributed by atoms with Crippen molar-refractivity contribution < 1.29 is 8.83 Å². The first-order chi connectivity index (χ1) is 6.58. The lowest BCUT2D eigenvalue weighted by atomic mass is 10.2. The minimum Gasteiger partial charge on any atom is -0.440 e. The number of hydrogen-bond acceptors (Lipinski definition) is 3. The number of nitrogens with zero attached hydrogens (tertiary/aromatic N) is 1. The minimum absolute atomic E-state index is 0.306. The Balaban J connectivity index is 2.45. The quantitative estimate of drug-likeness (QED) is 0.730. The van der Waals surface area contributed by atoms with Crippen LogP contribution in [0.4, 0.5) is 0 Å². The molecule has 0 aromatic carbocycles. The molecule has 0 aliphatic carbocycles. The Labute approximate surface area is 83.1 Å². The number of furan rings is 1. The molecule has 0 spiro atoms. The second kappa shape index (κ2) is 3.15. The summed E-state index contributed by atoms with van der Waals surface area (Å²) < 4.78 is 11.1. The summed E-state index contributed by atoms with van der Waals surface area (Å²) in [6, 6.07) is 1.93. The van der Waals surface area contributed by atoms with E-state index in [1.807, 2.05) is 19.9 Å². The molecule has 14 heavy (non-hydrogen) atoms.